The van der Waals surface area contributed by atoms with E-state index in [2.05, 4.69) is 11.4 Å². The molecule has 1 aromatic heterocycles. The molecule has 0 amide bonds. The average molecular weight is 110 g/mol. The number of aromatic nitrogens is 1. The molecule has 43 valence electrons. The Balaban J connectivity index is 2.77. The molecule has 0 unspecified atom stereocenters. The number of rotatable bonds is 1. The van der Waals surface area contributed by atoms with Gasteiger partial charge in [0.05, 0.1) is 6.20 Å². The van der Waals surface area contributed by atoms with Crippen molar-refractivity contribution in [3.8, 4) is 0 Å². The molecule has 1 radical (unpaired) electrons. The molecule has 2 nitrogen and oxygen atoms in total. The summed E-state index contributed by atoms with van der Waals surface area (Å²) in [5.41, 5.74) is 0. The third kappa shape index (κ3) is 0.886. The van der Waals surface area contributed by atoms with Crippen molar-refractivity contribution in [3.05, 3.63) is 18.4 Å². The molecular formula is C6H8NO. The van der Waals surface area contributed by atoms with E-state index in [1.807, 2.05) is 13.8 Å². The van der Waals surface area contributed by atoms with Crippen LogP contribution in [0.2, 0.25) is 0 Å². The second-order valence-corrected chi connectivity index (χ2v) is 2.01. The number of oxazole rings is 1. The smallest absolute Gasteiger partial charge is 0.283 e. The SMILES string of the molecule is CC(C)c1cn[c]o1. The summed E-state index contributed by atoms with van der Waals surface area (Å²) >= 11 is 0. The second kappa shape index (κ2) is 1.99. The summed E-state index contributed by atoms with van der Waals surface area (Å²) in [5, 5.41) is 0. The van der Waals surface area contributed by atoms with Crippen LogP contribution in [-0.4, -0.2) is 4.98 Å². The van der Waals surface area contributed by atoms with Gasteiger partial charge in [-0.15, -0.1) is 0 Å². The fourth-order valence-corrected chi connectivity index (χ4v) is 0.462. The maximum atomic E-state index is 4.86. The Morgan fingerprint density at radius 2 is 2.50 bits per heavy atom. The predicted octanol–water partition coefficient (Wildman–Crippen LogP) is 1.60. The highest BCUT2D eigenvalue weighted by molar-refractivity contribution is 4.93. The molecule has 0 aliphatic carbocycles. The molecule has 1 heterocycles. The lowest BCUT2D eigenvalue weighted by atomic mass is 10.2. The van der Waals surface area contributed by atoms with Crippen molar-refractivity contribution in [2.45, 2.75) is 19.8 Å². The molecular weight excluding hydrogens is 102 g/mol. The third-order valence-electron chi connectivity index (χ3n) is 0.977. The maximum absolute atomic E-state index is 4.86. The molecule has 0 aromatic carbocycles. The van der Waals surface area contributed by atoms with E-state index in [0.29, 0.717) is 5.92 Å². The molecule has 0 spiro atoms. The van der Waals surface area contributed by atoms with Gasteiger partial charge in [0.2, 0.25) is 0 Å². The Morgan fingerprint density at radius 1 is 1.75 bits per heavy atom. The molecule has 0 saturated carbocycles. The van der Waals surface area contributed by atoms with Crippen LogP contribution < -0.4 is 0 Å². The summed E-state index contributed by atoms with van der Waals surface area (Å²) in [6.45, 7) is 4.10. The Hall–Kier alpha value is -0.790. The lowest BCUT2D eigenvalue weighted by molar-refractivity contribution is 0.475. The van der Waals surface area contributed by atoms with Gasteiger partial charge in [0.25, 0.3) is 6.39 Å². The van der Waals surface area contributed by atoms with E-state index in [0.717, 1.165) is 5.76 Å². The first-order valence-electron chi connectivity index (χ1n) is 2.62. The van der Waals surface area contributed by atoms with E-state index in [-0.39, 0.29) is 0 Å². The molecule has 1 rings (SSSR count). The summed E-state index contributed by atoms with van der Waals surface area (Å²) in [7, 11) is 0. The molecule has 2 heteroatoms. The standard InChI is InChI=1S/C6H8NO/c1-5(2)6-3-7-4-8-6/h3,5H,1-2H3. The first-order valence-corrected chi connectivity index (χ1v) is 2.62. The van der Waals surface area contributed by atoms with Gasteiger partial charge in [-0.2, -0.15) is 0 Å². The molecule has 0 saturated heterocycles. The molecule has 0 N–H and O–H groups in total. The summed E-state index contributed by atoms with van der Waals surface area (Å²) in [4.78, 5) is 3.65. The second-order valence-electron chi connectivity index (χ2n) is 2.01. The Kier molecular flexibility index (Phi) is 1.33. The molecule has 0 aliphatic heterocycles. The topological polar surface area (TPSA) is 26.0 Å². The molecule has 0 aliphatic rings. The van der Waals surface area contributed by atoms with Gasteiger partial charge in [-0.1, -0.05) is 13.8 Å². The van der Waals surface area contributed by atoms with Crippen LogP contribution in [0.3, 0.4) is 0 Å². The fourth-order valence-electron chi connectivity index (χ4n) is 0.462. The monoisotopic (exact) mass is 110 g/mol. The van der Waals surface area contributed by atoms with Crippen LogP contribution in [0.25, 0.3) is 0 Å². The van der Waals surface area contributed by atoms with Gasteiger partial charge >= 0.3 is 0 Å². The van der Waals surface area contributed by atoms with Crippen LogP contribution in [-0.2, 0) is 0 Å². The van der Waals surface area contributed by atoms with Crippen molar-refractivity contribution < 1.29 is 4.42 Å². The van der Waals surface area contributed by atoms with E-state index < -0.39 is 0 Å². The summed E-state index contributed by atoms with van der Waals surface area (Å²) in [6, 6.07) is 0. The minimum absolute atomic E-state index is 0.425. The lowest BCUT2D eigenvalue weighted by Gasteiger charge is -1.93. The minimum atomic E-state index is 0.425. The molecule has 0 fully saturated rings. The summed E-state index contributed by atoms with van der Waals surface area (Å²) in [5.74, 6) is 1.32. The highest BCUT2D eigenvalue weighted by atomic mass is 16.3. The Morgan fingerprint density at radius 3 is 2.75 bits per heavy atom. The Labute approximate surface area is 48.5 Å². The van der Waals surface area contributed by atoms with Crippen LogP contribution in [0, 0.1) is 6.39 Å². The zero-order chi connectivity index (χ0) is 5.98. The van der Waals surface area contributed by atoms with Gasteiger partial charge in [0.1, 0.15) is 5.76 Å². The van der Waals surface area contributed by atoms with Gasteiger partial charge in [-0.25, -0.2) is 4.98 Å². The molecule has 8 heavy (non-hydrogen) atoms. The summed E-state index contributed by atoms with van der Waals surface area (Å²) in [6.07, 6.45) is 4.07. The predicted molar refractivity (Wildman–Crippen MR) is 29.4 cm³/mol. The lowest BCUT2D eigenvalue weighted by Crippen LogP contribution is -1.79. The quantitative estimate of drug-likeness (QED) is 0.548. The van der Waals surface area contributed by atoms with Crippen molar-refractivity contribution in [2.24, 2.45) is 0 Å². The fraction of sp³-hybridized carbons (Fsp3) is 0.500. The van der Waals surface area contributed by atoms with Crippen molar-refractivity contribution in [3.63, 3.8) is 0 Å². The first kappa shape index (κ1) is 5.35. The van der Waals surface area contributed by atoms with Gasteiger partial charge in [-0.3, -0.25) is 0 Å². The van der Waals surface area contributed by atoms with Crippen molar-refractivity contribution in [1.82, 2.24) is 4.98 Å². The third-order valence-corrected chi connectivity index (χ3v) is 0.977. The van der Waals surface area contributed by atoms with E-state index in [1.165, 1.54) is 0 Å². The maximum Gasteiger partial charge on any atom is 0.283 e. The summed E-state index contributed by atoms with van der Waals surface area (Å²) < 4.78 is 4.86. The number of hydrogen-bond acceptors (Lipinski definition) is 2. The highest BCUT2D eigenvalue weighted by Gasteiger charge is 1.99. The first-order chi connectivity index (χ1) is 3.80. The van der Waals surface area contributed by atoms with Crippen LogP contribution in [0.5, 0.6) is 0 Å². The largest absolute Gasteiger partial charge is 0.437 e. The molecule has 0 bridgehead atoms. The highest BCUT2D eigenvalue weighted by Crippen LogP contribution is 2.10. The molecule has 1 aromatic rings. The Bertz CT molecular complexity index is 144. The van der Waals surface area contributed by atoms with E-state index in [4.69, 9.17) is 4.42 Å². The van der Waals surface area contributed by atoms with Gasteiger partial charge < -0.3 is 4.42 Å². The van der Waals surface area contributed by atoms with Gasteiger partial charge in [0, 0.05) is 5.92 Å². The van der Waals surface area contributed by atoms with Crippen LogP contribution in [0.1, 0.15) is 25.5 Å². The van der Waals surface area contributed by atoms with E-state index in [1.54, 1.807) is 6.20 Å². The van der Waals surface area contributed by atoms with Crippen molar-refractivity contribution in [2.75, 3.05) is 0 Å². The van der Waals surface area contributed by atoms with E-state index >= 15 is 0 Å². The average Bonchev–Trinajstić information content (AvgIpc) is 2.12. The zero-order valence-corrected chi connectivity index (χ0v) is 5.01. The number of nitrogens with zero attached hydrogens (tertiary/aromatic N) is 1. The van der Waals surface area contributed by atoms with Gasteiger partial charge in [0.15, 0.2) is 0 Å². The van der Waals surface area contributed by atoms with Crippen molar-refractivity contribution in [1.29, 1.82) is 0 Å². The van der Waals surface area contributed by atoms with Crippen LogP contribution in [0.15, 0.2) is 10.6 Å². The van der Waals surface area contributed by atoms with Crippen LogP contribution >= 0.6 is 0 Å². The number of hydrogen-bond donors (Lipinski definition) is 0. The minimum Gasteiger partial charge on any atom is -0.437 e. The molecule has 0 atom stereocenters. The van der Waals surface area contributed by atoms with Gasteiger partial charge in [-0.05, 0) is 0 Å². The normalized spacial score (nSPS) is 10.4. The van der Waals surface area contributed by atoms with E-state index in [9.17, 15) is 0 Å². The van der Waals surface area contributed by atoms with Crippen molar-refractivity contribution >= 4 is 0 Å². The zero-order valence-electron chi connectivity index (χ0n) is 5.01. The van der Waals surface area contributed by atoms with Crippen LogP contribution in [0.4, 0.5) is 0 Å².